The van der Waals surface area contributed by atoms with Crippen molar-refractivity contribution >= 4 is 33.0 Å². The maximum Gasteiger partial charge on any atom is 0.230 e. The smallest absolute Gasteiger partial charge is 0.230 e. The number of furan rings is 1. The Hall–Kier alpha value is -4.05. The second-order valence-corrected chi connectivity index (χ2v) is 8.76. The molecule has 7 rings (SSSR count). The molecule has 0 atom stereocenters. The van der Waals surface area contributed by atoms with Gasteiger partial charge in [0.1, 0.15) is 0 Å². The van der Waals surface area contributed by atoms with Crippen molar-refractivity contribution in [2.24, 2.45) is 0 Å². The summed E-state index contributed by atoms with van der Waals surface area (Å²) in [7, 11) is 0. The quantitative estimate of drug-likeness (QED) is 0.295. The minimum absolute atomic E-state index is 0.612. The van der Waals surface area contributed by atoms with Crippen molar-refractivity contribution in [3.05, 3.63) is 90.3 Å². The van der Waals surface area contributed by atoms with E-state index in [1.807, 2.05) is 12.4 Å². The van der Waals surface area contributed by atoms with Crippen LogP contribution < -0.4 is 0 Å². The molecule has 0 saturated heterocycles. The van der Waals surface area contributed by atoms with E-state index in [-0.39, 0.29) is 0 Å². The van der Waals surface area contributed by atoms with Crippen LogP contribution in [-0.4, -0.2) is 15.0 Å². The Kier molecular flexibility index (Phi) is 4.06. The zero-order valence-corrected chi connectivity index (χ0v) is 18.1. The Morgan fingerprint density at radius 1 is 0.727 bits per heavy atom. The Bertz CT molecular complexity index is 1680. The number of fused-ring (bicyclic) bond motifs is 5. The van der Waals surface area contributed by atoms with Crippen molar-refractivity contribution < 1.29 is 4.42 Å². The van der Waals surface area contributed by atoms with Gasteiger partial charge in [-0.25, -0.2) is 9.97 Å². The molecule has 0 saturated carbocycles. The zero-order valence-electron chi connectivity index (χ0n) is 18.1. The Morgan fingerprint density at radius 3 is 2.64 bits per heavy atom. The molecule has 1 aliphatic rings. The molecule has 0 radical (unpaired) electrons. The Balaban J connectivity index is 1.38. The second kappa shape index (κ2) is 7.24. The molecule has 6 aromatic rings. The molecule has 4 heteroatoms. The summed E-state index contributed by atoms with van der Waals surface area (Å²) in [5, 5.41) is 4.35. The molecule has 0 fully saturated rings. The zero-order chi connectivity index (χ0) is 21.8. The monoisotopic (exact) mass is 427 g/mol. The molecule has 33 heavy (non-hydrogen) atoms. The first kappa shape index (κ1) is 18.5. The molecule has 0 amide bonds. The molecule has 4 heterocycles. The maximum atomic E-state index is 6.09. The van der Waals surface area contributed by atoms with E-state index < -0.39 is 0 Å². The van der Waals surface area contributed by atoms with Gasteiger partial charge in [-0.1, -0.05) is 42.5 Å². The molecule has 158 valence electrons. The van der Waals surface area contributed by atoms with Gasteiger partial charge in [0.25, 0.3) is 0 Å². The molecule has 0 aliphatic heterocycles. The van der Waals surface area contributed by atoms with Gasteiger partial charge in [0.15, 0.2) is 0 Å². The molecule has 0 spiro atoms. The first-order valence-electron chi connectivity index (χ1n) is 11.5. The molecule has 0 N–H and O–H groups in total. The number of aryl methyl sites for hydroxylation is 1. The van der Waals surface area contributed by atoms with Gasteiger partial charge in [0.2, 0.25) is 11.4 Å². The van der Waals surface area contributed by atoms with E-state index in [9.17, 15) is 0 Å². The summed E-state index contributed by atoms with van der Waals surface area (Å²) in [6.07, 6.45) is 8.50. The van der Waals surface area contributed by atoms with Gasteiger partial charge in [-0.05, 0) is 71.8 Å². The summed E-state index contributed by atoms with van der Waals surface area (Å²) in [5.41, 5.74) is 8.11. The van der Waals surface area contributed by atoms with Gasteiger partial charge in [-0.15, -0.1) is 0 Å². The summed E-state index contributed by atoms with van der Waals surface area (Å²) in [6, 6.07) is 23.2. The van der Waals surface area contributed by atoms with Crippen LogP contribution in [0.3, 0.4) is 0 Å². The van der Waals surface area contributed by atoms with E-state index in [1.165, 1.54) is 34.7 Å². The number of pyridine rings is 3. The lowest BCUT2D eigenvalue weighted by Gasteiger charge is -2.18. The van der Waals surface area contributed by atoms with Gasteiger partial charge >= 0.3 is 0 Å². The summed E-state index contributed by atoms with van der Waals surface area (Å²) >= 11 is 0. The molecular weight excluding hydrogens is 406 g/mol. The first-order chi connectivity index (χ1) is 16.3. The fourth-order valence-electron chi connectivity index (χ4n) is 5.18. The third kappa shape index (κ3) is 2.94. The van der Waals surface area contributed by atoms with E-state index in [1.54, 1.807) is 0 Å². The number of hydrogen-bond acceptors (Lipinski definition) is 4. The van der Waals surface area contributed by atoms with Crippen molar-refractivity contribution in [1.29, 1.82) is 0 Å². The number of benzene rings is 2. The highest BCUT2D eigenvalue weighted by molar-refractivity contribution is 6.05. The van der Waals surface area contributed by atoms with Crippen molar-refractivity contribution in [2.75, 3.05) is 0 Å². The SMILES string of the molecule is c1ccc2c(-c3ccc4c(n3)oc3ncc(-c5nccc6c5CCCC6)cc34)cccc2c1. The van der Waals surface area contributed by atoms with Gasteiger partial charge in [-0.3, -0.25) is 4.98 Å². The first-order valence-corrected chi connectivity index (χ1v) is 11.5. The van der Waals surface area contributed by atoms with E-state index in [2.05, 4.69) is 71.7 Å². The van der Waals surface area contributed by atoms with E-state index >= 15 is 0 Å². The minimum Gasteiger partial charge on any atom is -0.419 e. The van der Waals surface area contributed by atoms with Crippen LogP contribution >= 0.6 is 0 Å². The fraction of sp³-hybridized carbons (Fsp3) is 0.138. The fourth-order valence-corrected chi connectivity index (χ4v) is 5.18. The molecular formula is C29H21N3O. The third-order valence-corrected chi connectivity index (χ3v) is 6.81. The maximum absolute atomic E-state index is 6.09. The topological polar surface area (TPSA) is 51.8 Å². The largest absolute Gasteiger partial charge is 0.419 e. The molecule has 1 aliphatic carbocycles. The van der Waals surface area contributed by atoms with E-state index in [0.717, 1.165) is 46.1 Å². The number of hydrogen-bond donors (Lipinski definition) is 0. The van der Waals surface area contributed by atoms with Crippen LogP contribution in [0.2, 0.25) is 0 Å². The lowest BCUT2D eigenvalue weighted by Crippen LogP contribution is -2.05. The van der Waals surface area contributed by atoms with Crippen LogP contribution in [0.5, 0.6) is 0 Å². The lowest BCUT2D eigenvalue weighted by molar-refractivity contribution is 0.641. The third-order valence-electron chi connectivity index (χ3n) is 6.81. The van der Waals surface area contributed by atoms with Crippen molar-refractivity contribution in [3.63, 3.8) is 0 Å². The molecule has 4 aromatic heterocycles. The average Bonchev–Trinajstić information content (AvgIpc) is 3.25. The average molecular weight is 428 g/mol. The summed E-state index contributed by atoms with van der Waals surface area (Å²) in [5.74, 6) is 0. The molecule has 4 nitrogen and oxygen atoms in total. The van der Waals surface area contributed by atoms with Crippen LogP contribution in [0, 0.1) is 0 Å². The van der Waals surface area contributed by atoms with Crippen molar-refractivity contribution in [2.45, 2.75) is 25.7 Å². The minimum atomic E-state index is 0.612. The highest BCUT2D eigenvalue weighted by atomic mass is 16.3. The lowest BCUT2D eigenvalue weighted by atomic mass is 9.89. The van der Waals surface area contributed by atoms with Crippen LogP contribution in [-0.2, 0) is 12.8 Å². The van der Waals surface area contributed by atoms with Gasteiger partial charge < -0.3 is 4.42 Å². The standard InChI is InChI=1S/C29H21N3O/c1-3-9-21-18(6-1)8-5-11-23(21)26-13-12-24-25-16-20(17-31-28(25)33-29(24)32-26)27-22-10-4-2-7-19(22)14-15-30-27/h1,3,5-6,8-9,11-17H,2,4,7,10H2. The van der Waals surface area contributed by atoms with Crippen LogP contribution in [0.4, 0.5) is 0 Å². The predicted octanol–water partition coefficient (Wildman–Crippen LogP) is 7.14. The van der Waals surface area contributed by atoms with Crippen molar-refractivity contribution in [1.82, 2.24) is 15.0 Å². The van der Waals surface area contributed by atoms with E-state index in [4.69, 9.17) is 14.4 Å². The summed E-state index contributed by atoms with van der Waals surface area (Å²) < 4.78 is 6.09. The highest BCUT2D eigenvalue weighted by Crippen LogP contribution is 2.35. The Labute approximate surface area is 190 Å². The van der Waals surface area contributed by atoms with Crippen LogP contribution in [0.25, 0.3) is 55.5 Å². The predicted molar refractivity (Wildman–Crippen MR) is 132 cm³/mol. The number of aromatic nitrogens is 3. The normalized spacial score (nSPS) is 13.6. The Morgan fingerprint density at radius 2 is 1.64 bits per heavy atom. The van der Waals surface area contributed by atoms with Gasteiger partial charge in [-0.2, -0.15) is 0 Å². The highest BCUT2D eigenvalue weighted by Gasteiger charge is 2.18. The number of rotatable bonds is 2. The second-order valence-electron chi connectivity index (χ2n) is 8.76. The summed E-state index contributed by atoms with van der Waals surface area (Å²) in [4.78, 5) is 14.3. The van der Waals surface area contributed by atoms with Crippen LogP contribution in [0.15, 0.2) is 83.5 Å². The molecule has 0 bridgehead atoms. The van der Waals surface area contributed by atoms with Crippen LogP contribution in [0.1, 0.15) is 24.0 Å². The number of nitrogens with zero attached hydrogens (tertiary/aromatic N) is 3. The molecule has 2 aromatic carbocycles. The van der Waals surface area contributed by atoms with E-state index in [0.29, 0.717) is 11.4 Å². The van der Waals surface area contributed by atoms with Crippen molar-refractivity contribution in [3.8, 4) is 22.5 Å². The molecule has 0 unspecified atom stereocenters. The van der Waals surface area contributed by atoms with Gasteiger partial charge in [0.05, 0.1) is 16.8 Å². The van der Waals surface area contributed by atoms with Gasteiger partial charge in [0, 0.05) is 28.9 Å². The summed E-state index contributed by atoms with van der Waals surface area (Å²) in [6.45, 7) is 0.